The molecule has 3 aromatic carbocycles. The first-order chi connectivity index (χ1) is 19.8. The normalized spacial score (nSPS) is 13.7. The molecule has 0 heterocycles. The first kappa shape index (κ1) is 33.1. The van der Waals surface area contributed by atoms with E-state index in [1.54, 1.807) is 67.8 Å². The van der Waals surface area contributed by atoms with Gasteiger partial charge < -0.3 is 10.1 Å². The van der Waals surface area contributed by atoms with E-state index in [0.29, 0.717) is 21.4 Å². The molecule has 0 bridgehead atoms. The molecule has 10 heteroatoms. The Kier molecular flexibility index (Phi) is 11.6. The summed E-state index contributed by atoms with van der Waals surface area (Å²) in [6.45, 7) is 2.92. The fraction of sp³-hybridized carbons (Fsp3) is 0.344. The summed E-state index contributed by atoms with van der Waals surface area (Å²) in [5, 5.41) is 3.73. The zero-order valence-electron chi connectivity index (χ0n) is 23.4. The molecule has 0 aliphatic carbocycles. The van der Waals surface area contributed by atoms with Crippen LogP contribution in [0.25, 0.3) is 0 Å². The third-order valence-electron chi connectivity index (χ3n) is 7.10. The Morgan fingerprint density at radius 3 is 1.79 bits per heavy atom. The van der Waals surface area contributed by atoms with Crippen molar-refractivity contribution in [2.24, 2.45) is 11.8 Å². The van der Waals surface area contributed by atoms with Crippen LogP contribution in [0.5, 0.6) is 5.75 Å². The van der Waals surface area contributed by atoms with Gasteiger partial charge in [0.1, 0.15) is 5.75 Å². The van der Waals surface area contributed by atoms with Crippen LogP contribution in [-0.4, -0.2) is 36.8 Å². The number of benzene rings is 3. The second-order valence-electron chi connectivity index (χ2n) is 10.4. The minimum absolute atomic E-state index is 0.0148. The lowest BCUT2D eigenvalue weighted by atomic mass is 9.84. The number of ether oxygens (including phenoxy) is 1. The molecule has 0 aliphatic rings. The van der Waals surface area contributed by atoms with Gasteiger partial charge in [-0.1, -0.05) is 73.4 Å². The van der Waals surface area contributed by atoms with Gasteiger partial charge in [-0.2, -0.15) is 13.2 Å². The molecule has 3 atom stereocenters. The number of hydrogen-bond donors (Lipinski definition) is 1. The van der Waals surface area contributed by atoms with Gasteiger partial charge in [0.25, 0.3) is 0 Å². The quantitative estimate of drug-likeness (QED) is 0.213. The average Bonchev–Trinajstić information content (AvgIpc) is 2.95. The Labute approximate surface area is 253 Å². The molecule has 3 rings (SSSR count). The molecule has 42 heavy (non-hydrogen) atoms. The Hall–Kier alpha value is -3.36. The molecule has 0 aliphatic heterocycles. The Bertz CT molecular complexity index is 1360. The number of ketones is 2. The van der Waals surface area contributed by atoms with Gasteiger partial charge in [-0.3, -0.25) is 14.4 Å². The van der Waals surface area contributed by atoms with Crippen molar-refractivity contribution >= 4 is 40.7 Å². The lowest BCUT2D eigenvalue weighted by Crippen LogP contribution is -2.45. The Morgan fingerprint density at radius 2 is 1.31 bits per heavy atom. The van der Waals surface area contributed by atoms with Crippen molar-refractivity contribution in [2.75, 3.05) is 7.11 Å². The van der Waals surface area contributed by atoms with Gasteiger partial charge in [-0.25, -0.2) is 0 Å². The number of carbonyl (C=O) groups excluding carboxylic acids is 3. The molecule has 224 valence electrons. The molecule has 1 N–H and O–H groups in total. The first-order valence-electron chi connectivity index (χ1n) is 13.4. The van der Waals surface area contributed by atoms with Gasteiger partial charge in [0.2, 0.25) is 11.7 Å². The summed E-state index contributed by atoms with van der Waals surface area (Å²) in [6, 6.07) is 19.6. The number of Topliss-reactive ketones (excluding diaryl/α,β-unsaturated/α-hetero) is 2. The van der Waals surface area contributed by atoms with Crippen molar-refractivity contribution in [3.05, 3.63) is 99.5 Å². The van der Waals surface area contributed by atoms with Gasteiger partial charge in [-0.15, -0.1) is 0 Å². The van der Waals surface area contributed by atoms with Gasteiger partial charge in [-0.05, 0) is 65.4 Å². The maximum atomic E-state index is 13.5. The van der Waals surface area contributed by atoms with Gasteiger partial charge in [0, 0.05) is 34.7 Å². The minimum atomic E-state index is -5.08. The Balaban J connectivity index is 1.89. The molecule has 1 unspecified atom stereocenters. The summed E-state index contributed by atoms with van der Waals surface area (Å²) in [5.74, 6) is -5.19. The van der Waals surface area contributed by atoms with E-state index in [2.05, 4.69) is 5.32 Å². The number of halogens is 5. The topological polar surface area (TPSA) is 72.5 Å². The van der Waals surface area contributed by atoms with Crippen LogP contribution in [-0.2, 0) is 20.8 Å². The van der Waals surface area contributed by atoms with E-state index in [4.69, 9.17) is 27.9 Å². The van der Waals surface area contributed by atoms with Crippen molar-refractivity contribution < 1.29 is 32.3 Å². The monoisotopic (exact) mass is 621 g/mol. The number of nitrogens with one attached hydrogen (secondary N) is 1. The summed E-state index contributed by atoms with van der Waals surface area (Å²) in [6.07, 6.45) is -5.78. The largest absolute Gasteiger partial charge is 0.497 e. The van der Waals surface area contributed by atoms with Crippen molar-refractivity contribution in [1.82, 2.24) is 5.32 Å². The van der Waals surface area contributed by atoms with E-state index in [1.807, 2.05) is 12.1 Å². The summed E-state index contributed by atoms with van der Waals surface area (Å²) in [5.41, 5.74) is 2.26. The SMILES string of the molecule is COc1ccc(C(CC(=O)N[C@@H](Cc2ccc(Cl)cc2)C(=O)C[C@H](C(=O)C(F)(F)F)C(C)C)c2ccc(Cl)cc2)cc1. The predicted octanol–water partition coefficient (Wildman–Crippen LogP) is 7.61. The van der Waals surface area contributed by atoms with E-state index in [1.165, 1.54) is 13.8 Å². The van der Waals surface area contributed by atoms with Crippen molar-refractivity contribution in [2.45, 2.75) is 51.2 Å². The maximum Gasteiger partial charge on any atom is 0.450 e. The van der Waals surface area contributed by atoms with Crippen LogP contribution in [0, 0.1) is 11.8 Å². The van der Waals surface area contributed by atoms with Crippen molar-refractivity contribution in [3.8, 4) is 5.75 Å². The fourth-order valence-corrected chi connectivity index (χ4v) is 4.95. The number of amides is 1. The number of hydrogen-bond acceptors (Lipinski definition) is 4. The van der Waals surface area contributed by atoms with E-state index in [0.717, 1.165) is 11.1 Å². The number of alkyl halides is 3. The molecule has 0 saturated heterocycles. The second-order valence-corrected chi connectivity index (χ2v) is 11.3. The van der Waals surface area contributed by atoms with Crippen LogP contribution in [0.1, 0.15) is 49.3 Å². The smallest absolute Gasteiger partial charge is 0.450 e. The van der Waals surface area contributed by atoms with Crippen LogP contribution in [0.2, 0.25) is 10.0 Å². The Morgan fingerprint density at radius 1 is 0.810 bits per heavy atom. The molecule has 0 saturated carbocycles. The number of rotatable bonds is 13. The third-order valence-corrected chi connectivity index (χ3v) is 7.60. The summed E-state index contributed by atoms with van der Waals surface area (Å²) < 4.78 is 45.1. The number of methoxy groups -OCH3 is 1. The molecular weight excluding hydrogens is 590 g/mol. The van der Waals surface area contributed by atoms with Gasteiger partial charge >= 0.3 is 6.18 Å². The molecule has 3 aromatic rings. The van der Waals surface area contributed by atoms with Crippen molar-refractivity contribution in [3.63, 3.8) is 0 Å². The molecule has 0 spiro atoms. The molecule has 0 radical (unpaired) electrons. The van der Waals surface area contributed by atoms with E-state index in [-0.39, 0.29) is 12.8 Å². The maximum absolute atomic E-state index is 13.5. The van der Waals surface area contributed by atoms with Gasteiger partial charge in [0.15, 0.2) is 5.78 Å². The zero-order valence-corrected chi connectivity index (χ0v) is 24.9. The summed E-state index contributed by atoms with van der Waals surface area (Å²) in [4.78, 5) is 39.0. The predicted molar refractivity (Wildman–Crippen MR) is 157 cm³/mol. The molecule has 0 aromatic heterocycles. The summed E-state index contributed by atoms with van der Waals surface area (Å²) in [7, 11) is 1.54. The van der Waals surface area contributed by atoms with E-state index in [9.17, 15) is 27.6 Å². The average molecular weight is 623 g/mol. The molecule has 0 fully saturated rings. The molecular formula is C32H32Cl2F3NO4. The highest BCUT2D eigenvalue weighted by Crippen LogP contribution is 2.31. The van der Waals surface area contributed by atoms with Gasteiger partial charge in [0.05, 0.1) is 13.2 Å². The molecule has 5 nitrogen and oxygen atoms in total. The first-order valence-corrected chi connectivity index (χ1v) is 14.1. The lowest BCUT2D eigenvalue weighted by Gasteiger charge is -2.25. The lowest BCUT2D eigenvalue weighted by molar-refractivity contribution is -0.177. The molecule has 1 amide bonds. The van der Waals surface area contributed by atoms with Crippen LogP contribution in [0.4, 0.5) is 13.2 Å². The van der Waals surface area contributed by atoms with E-state index < -0.39 is 53.9 Å². The zero-order chi connectivity index (χ0) is 31.0. The highest BCUT2D eigenvalue weighted by atomic mass is 35.5. The number of carbonyl (C=O) groups is 3. The standard InChI is InChI=1S/C32H32Cl2F3NO4/c1-19(2)26(31(41)32(35,36)37)17-29(39)28(16-20-4-10-23(33)11-5-20)38-30(40)18-27(21-6-12-24(34)13-7-21)22-8-14-25(42-3)15-9-22/h4-15,19,26-28H,16-18H2,1-3H3,(H,38,40)/t26-,27?,28-/m0/s1. The van der Waals surface area contributed by atoms with Crippen LogP contribution >= 0.6 is 23.2 Å². The van der Waals surface area contributed by atoms with Crippen LogP contribution in [0.15, 0.2) is 72.8 Å². The van der Waals surface area contributed by atoms with E-state index >= 15 is 0 Å². The highest BCUT2D eigenvalue weighted by Gasteiger charge is 2.45. The van der Waals surface area contributed by atoms with Crippen LogP contribution < -0.4 is 10.1 Å². The minimum Gasteiger partial charge on any atom is -0.497 e. The van der Waals surface area contributed by atoms with Crippen LogP contribution in [0.3, 0.4) is 0 Å². The third kappa shape index (κ3) is 9.33. The summed E-state index contributed by atoms with van der Waals surface area (Å²) >= 11 is 12.1. The fourth-order valence-electron chi connectivity index (χ4n) is 4.70. The van der Waals surface area contributed by atoms with Crippen molar-refractivity contribution in [1.29, 1.82) is 0 Å². The highest BCUT2D eigenvalue weighted by molar-refractivity contribution is 6.30. The second kappa shape index (κ2) is 14.7.